The number of rotatable bonds is 9. The Kier molecular flexibility index (Phi) is 6.74. The van der Waals surface area contributed by atoms with Crippen LogP contribution in [0.3, 0.4) is 0 Å². The van der Waals surface area contributed by atoms with Gasteiger partial charge in [0, 0.05) is 13.0 Å². The van der Waals surface area contributed by atoms with Crippen LogP contribution in [0.15, 0.2) is 0 Å². The lowest BCUT2D eigenvalue weighted by Gasteiger charge is -2.17. The molecule has 0 aromatic carbocycles. The first-order valence-electron chi connectivity index (χ1n) is 5.19. The van der Waals surface area contributed by atoms with Crippen LogP contribution in [0.4, 0.5) is 0 Å². The Labute approximate surface area is 101 Å². The summed E-state index contributed by atoms with van der Waals surface area (Å²) in [6, 6.07) is 0. The molecule has 0 spiro atoms. The van der Waals surface area contributed by atoms with Crippen molar-refractivity contribution in [3.8, 4) is 0 Å². The Bertz CT molecular complexity index is 366. The number of carbonyl (C=O) groups excluding carboxylic acids is 1. The van der Waals surface area contributed by atoms with Crippen LogP contribution < -0.4 is 5.73 Å². The van der Waals surface area contributed by atoms with Crippen LogP contribution in [0.1, 0.15) is 13.3 Å². The number of aliphatic carboxylic acids is 1. The first-order chi connectivity index (χ1) is 7.76. The molecular formula is C9H18N2O5S. The smallest absolute Gasteiger partial charge is 0.317 e. The van der Waals surface area contributed by atoms with Gasteiger partial charge in [-0.25, -0.2) is 8.42 Å². The third kappa shape index (κ3) is 8.64. The number of primary amides is 1. The van der Waals surface area contributed by atoms with Gasteiger partial charge < -0.3 is 10.8 Å². The van der Waals surface area contributed by atoms with E-state index in [9.17, 15) is 18.0 Å². The number of likely N-dealkylation sites (N-methyl/N-ethyl adjacent to an activating group) is 1. The van der Waals surface area contributed by atoms with Crippen LogP contribution in [0.2, 0.25) is 0 Å². The number of carboxylic acid groups (broad SMARTS) is 1. The minimum atomic E-state index is -3.35. The summed E-state index contributed by atoms with van der Waals surface area (Å²) in [4.78, 5) is 22.4. The summed E-state index contributed by atoms with van der Waals surface area (Å²) in [6.07, 6.45) is -0.201. The summed E-state index contributed by atoms with van der Waals surface area (Å²) in [6.45, 7) is 2.16. The Morgan fingerprint density at radius 2 is 1.88 bits per heavy atom. The molecule has 100 valence electrons. The van der Waals surface area contributed by atoms with Crippen LogP contribution in [-0.2, 0) is 19.4 Å². The zero-order chi connectivity index (χ0) is 13.5. The molecule has 0 aromatic rings. The molecule has 3 N–H and O–H groups in total. The van der Waals surface area contributed by atoms with Crippen LogP contribution >= 0.6 is 0 Å². The Hall–Kier alpha value is -1.15. The van der Waals surface area contributed by atoms with Gasteiger partial charge >= 0.3 is 5.97 Å². The molecule has 0 aromatic heterocycles. The molecule has 0 fully saturated rings. The molecule has 0 rings (SSSR count). The van der Waals surface area contributed by atoms with Crippen molar-refractivity contribution in [1.82, 2.24) is 4.90 Å². The van der Waals surface area contributed by atoms with E-state index in [0.29, 0.717) is 6.54 Å². The van der Waals surface area contributed by atoms with Crippen molar-refractivity contribution in [3.63, 3.8) is 0 Å². The van der Waals surface area contributed by atoms with Crippen molar-refractivity contribution in [2.75, 3.05) is 31.1 Å². The zero-order valence-electron chi connectivity index (χ0n) is 9.76. The number of nitrogens with zero attached hydrogens (tertiary/aromatic N) is 1. The average Bonchev–Trinajstić information content (AvgIpc) is 2.21. The molecule has 0 saturated carbocycles. The fraction of sp³-hybridized carbons (Fsp3) is 0.778. The Balaban J connectivity index is 4.14. The van der Waals surface area contributed by atoms with Gasteiger partial charge in [-0.3, -0.25) is 14.5 Å². The minimum absolute atomic E-state index is 0.143. The summed E-state index contributed by atoms with van der Waals surface area (Å²) in [5.41, 5.74) is 4.86. The number of hydrogen-bond donors (Lipinski definition) is 2. The zero-order valence-corrected chi connectivity index (χ0v) is 10.6. The minimum Gasteiger partial charge on any atom is -0.480 e. The van der Waals surface area contributed by atoms with Crippen LogP contribution in [0.25, 0.3) is 0 Å². The number of sulfone groups is 1. The second-order valence-corrected chi connectivity index (χ2v) is 5.93. The molecule has 17 heavy (non-hydrogen) atoms. The molecular weight excluding hydrogens is 248 g/mol. The lowest BCUT2D eigenvalue weighted by atomic mass is 10.5. The molecule has 0 bridgehead atoms. The monoisotopic (exact) mass is 266 g/mol. The van der Waals surface area contributed by atoms with E-state index in [1.165, 1.54) is 4.90 Å². The molecule has 0 aliphatic carbocycles. The Morgan fingerprint density at radius 3 is 2.29 bits per heavy atom. The third-order valence-corrected chi connectivity index (χ3v) is 3.81. The normalized spacial score (nSPS) is 11.6. The average molecular weight is 266 g/mol. The van der Waals surface area contributed by atoms with Gasteiger partial charge in [-0.2, -0.15) is 0 Å². The molecule has 0 radical (unpaired) electrons. The Morgan fingerprint density at radius 1 is 1.29 bits per heavy atom. The van der Waals surface area contributed by atoms with E-state index in [-0.39, 0.29) is 31.0 Å². The fourth-order valence-electron chi connectivity index (χ4n) is 1.17. The number of carboxylic acids is 1. The van der Waals surface area contributed by atoms with Crippen molar-refractivity contribution < 1.29 is 23.1 Å². The summed E-state index contributed by atoms with van der Waals surface area (Å²) >= 11 is 0. The number of nitrogens with two attached hydrogens (primary N) is 1. The van der Waals surface area contributed by atoms with Gasteiger partial charge in [0.1, 0.15) is 0 Å². The molecule has 0 aliphatic heterocycles. The molecule has 0 atom stereocenters. The predicted molar refractivity (Wildman–Crippen MR) is 62.2 cm³/mol. The summed E-state index contributed by atoms with van der Waals surface area (Å²) in [5.74, 6) is -2.11. The SMILES string of the molecule is CCN(CCS(=O)(=O)CCC(N)=O)CC(=O)O. The highest BCUT2D eigenvalue weighted by molar-refractivity contribution is 7.91. The lowest BCUT2D eigenvalue weighted by molar-refractivity contribution is -0.138. The van der Waals surface area contributed by atoms with Crippen molar-refractivity contribution in [2.45, 2.75) is 13.3 Å². The van der Waals surface area contributed by atoms with E-state index in [1.54, 1.807) is 6.92 Å². The van der Waals surface area contributed by atoms with E-state index < -0.39 is 21.7 Å². The molecule has 0 aliphatic rings. The van der Waals surface area contributed by atoms with Crippen molar-refractivity contribution in [1.29, 1.82) is 0 Å². The summed E-state index contributed by atoms with van der Waals surface area (Å²) in [5, 5.41) is 8.57. The van der Waals surface area contributed by atoms with Crippen molar-refractivity contribution in [2.24, 2.45) is 5.73 Å². The number of carbonyl (C=O) groups is 2. The lowest BCUT2D eigenvalue weighted by Crippen LogP contribution is -2.34. The topological polar surface area (TPSA) is 118 Å². The number of hydrogen-bond acceptors (Lipinski definition) is 5. The van der Waals surface area contributed by atoms with E-state index in [2.05, 4.69) is 0 Å². The number of amides is 1. The molecule has 0 heterocycles. The predicted octanol–water partition coefficient (Wildman–Crippen LogP) is -1.32. The van der Waals surface area contributed by atoms with E-state index in [4.69, 9.17) is 10.8 Å². The third-order valence-electron chi connectivity index (χ3n) is 2.18. The quantitative estimate of drug-likeness (QED) is 0.534. The molecule has 8 heteroatoms. The molecule has 7 nitrogen and oxygen atoms in total. The van der Waals surface area contributed by atoms with Gasteiger partial charge in [0.15, 0.2) is 9.84 Å². The van der Waals surface area contributed by atoms with Crippen molar-refractivity contribution in [3.05, 3.63) is 0 Å². The molecule has 0 unspecified atom stereocenters. The van der Waals surface area contributed by atoms with E-state index in [1.807, 2.05) is 0 Å². The highest BCUT2D eigenvalue weighted by atomic mass is 32.2. The van der Waals surface area contributed by atoms with E-state index >= 15 is 0 Å². The van der Waals surface area contributed by atoms with Gasteiger partial charge in [0.05, 0.1) is 18.1 Å². The van der Waals surface area contributed by atoms with Gasteiger partial charge in [0.2, 0.25) is 5.91 Å². The second-order valence-electron chi connectivity index (χ2n) is 3.63. The maximum atomic E-state index is 11.5. The maximum Gasteiger partial charge on any atom is 0.317 e. The van der Waals surface area contributed by atoms with Gasteiger partial charge in [-0.1, -0.05) is 6.92 Å². The van der Waals surface area contributed by atoms with Crippen LogP contribution in [-0.4, -0.2) is 61.4 Å². The van der Waals surface area contributed by atoms with Gasteiger partial charge in [-0.15, -0.1) is 0 Å². The maximum absolute atomic E-state index is 11.5. The largest absolute Gasteiger partial charge is 0.480 e. The second kappa shape index (κ2) is 7.23. The summed E-state index contributed by atoms with van der Waals surface area (Å²) in [7, 11) is -3.35. The van der Waals surface area contributed by atoms with Crippen molar-refractivity contribution >= 4 is 21.7 Å². The molecule has 0 saturated heterocycles. The van der Waals surface area contributed by atoms with Gasteiger partial charge in [-0.05, 0) is 6.54 Å². The van der Waals surface area contributed by atoms with E-state index in [0.717, 1.165) is 0 Å². The van der Waals surface area contributed by atoms with Gasteiger partial charge in [0.25, 0.3) is 0 Å². The van der Waals surface area contributed by atoms with Crippen LogP contribution in [0.5, 0.6) is 0 Å². The standard InChI is InChI=1S/C9H18N2O5S/c1-2-11(7-9(13)14)4-6-17(15,16)5-3-8(10)12/h2-7H2,1H3,(H2,10,12)(H,13,14). The fourth-order valence-corrected chi connectivity index (χ4v) is 2.42. The highest BCUT2D eigenvalue weighted by Gasteiger charge is 2.15. The highest BCUT2D eigenvalue weighted by Crippen LogP contribution is 1.97. The first kappa shape index (κ1) is 15.9. The first-order valence-corrected chi connectivity index (χ1v) is 7.02. The molecule has 1 amide bonds. The van der Waals surface area contributed by atoms with Crippen LogP contribution in [0, 0.1) is 0 Å². The summed E-state index contributed by atoms with van der Waals surface area (Å²) < 4.78 is 22.9.